The number of methoxy groups -OCH3 is 2. The van der Waals surface area contributed by atoms with Crippen molar-refractivity contribution in [3.63, 3.8) is 0 Å². The average molecular weight is 308 g/mol. The second kappa shape index (κ2) is 6.36. The number of rotatable bonds is 4. The normalized spacial score (nSPS) is 10.3. The van der Waals surface area contributed by atoms with Crippen molar-refractivity contribution in [3.05, 3.63) is 60.3 Å². The molecule has 0 aliphatic rings. The van der Waals surface area contributed by atoms with Gasteiger partial charge in [-0.2, -0.15) is 0 Å². The molecule has 0 radical (unpaired) electrons. The van der Waals surface area contributed by atoms with Crippen molar-refractivity contribution in [2.75, 3.05) is 19.5 Å². The number of aromatic nitrogens is 1. The second-order valence-electron chi connectivity index (χ2n) is 4.93. The maximum atomic E-state index is 12.6. The number of benzene rings is 2. The van der Waals surface area contributed by atoms with Crippen molar-refractivity contribution in [1.29, 1.82) is 0 Å². The first kappa shape index (κ1) is 14.8. The lowest BCUT2D eigenvalue weighted by Gasteiger charge is -2.11. The van der Waals surface area contributed by atoms with Gasteiger partial charge in [-0.3, -0.25) is 9.78 Å². The maximum Gasteiger partial charge on any atom is 0.256 e. The molecule has 0 fully saturated rings. The van der Waals surface area contributed by atoms with Crippen LogP contribution in [0.25, 0.3) is 10.9 Å². The summed E-state index contributed by atoms with van der Waals surface area (Å²) in [6.45, 7) is 0. The molecule has 5 heteroatoms. The van der Waals surface area contributed by atoms with Gasteiger partial charge in [0.25, 0.3) is 5.91 Å². The third-order valence-corrected chi connectivity index (χ3v) is 3.50. The minimum atomic E-state index is -0.209. The Morgan fingerprint density at radius 1 is 1.00 bits per heavy atom. The maximum absolute atomic E-state index is 12.6. The van der Waals surface area contributed by atoms with Gasteiger partial charge in [-0.15, -0.1) is 0 Å². The molecule has 0 atom stereocenters. The largest absolute Gasteiger partial charge is 0.497 e. The lowest BCUT2D eigenvalue weighted by Crippen LogP contribution is -2.12. The first-order chi connectivity index (χ1) is 11.2. The highest BCUT2D eigenvalue weighted by Crippen LogP contribution is 2.26. The number of para-hydroxylation sites is 1. The summed E-state index contributed by atoms with van der Waals surface area (Å²) in [5.41, 5.74) is 1.95. The number of ether oxygens (including phenoxy) is 2. The number of pyridine rings is 1. The Hall–Kier alpha value is -3.08. The number of hydrogen-bond acceptors (Lipinski definition) is 4. The molecular weight excluding hydrogens is 292 g/mol. The van der Waals surface area contributed by atoms with Crippen LogP contribution < -0.4 is 14.8 Å². The quantitative estimate of drug-likeness (QED) is 0.801. The van der Waals surface area contributed by atoms with E-state index in [1.54, 1.807) is 44.7 Å². The van der Waals surface area contributed by atoms with Gasteiger partial charge in [0.05, 0.1) is 25.3 Å². The molecule has 3 aromatic rings. The summed E-state index contributed by atoms with van der Waals surface area (Å²) in [4.78, 5) is 16.9. The van der Waals surface area contributed by atoms with Crippen LogP contribution in [0.15, 0.2) is 54.7 Å². The molecule has 1 heterocycles. The van der Waals surface area contributed by atoms with Gasteiger partial charge in [0.15, 0.2) is 0 Å². The highest BCUT2D eigenvalue weighted by Gasteiger charge is 2.12. The third kappa shape index (κ3) is 3.08. The molecule has 1 amide bonds. The molecule has 3 rings (SSSR count). The standard InChI is InChI=1S/C18H16N2O3/c1-22-13-9-12(10-14(11-13)23-2)20-18(21)16-7-8-19-17-6-4-3-5-15(16)17/h3-11H,1-2H3,(H,20,21). The summed E-state index contributed by atoms with van der Waals surface area (Å²) in [5.74, 6) is 1.01. The molecule has 0 saturated carbocycles. The Kier molecular flexibility index (Phi) is 4.10. The summed E-state index contributed by atoms with van der Waals surface area (Å²) in [6, 6.07) is 14.5. The van der Waals surface area contributed by atoms with E-state index in [9.17, 15) is 4.79 Å². The Morgan fingerprint density at radius 3 is 2.39 bits per heavy atom. The first-order valence-electron chi connectivity index (χ1n) is 7.09. The van der Waals surface area contributed by atoms with Crippen LogP contribution in [0.1, 0.15) is 10.4 Å². The molecule has 0 bridgehead atoms. The average Bonchev–Trinajstić information content (AvgIpc) is 2.60. The number of carbonyl (C=O) groups is 1. The number of amides is 1. The molecule has 5 nitrogen and oxygen atoms in total. The number of hydrogen-bond donors (Lipinski definition) is 1. The van der Waals surface area contributed by atoms with Gasteiger partial charge in [-0.25, -0.2) is 0 Å². The zero-order valence-corrected chi connectivity index (χ0v) is 12.9. The van der Waals surface area contributed by atoms with Crippen LogP contribution in [0.2, 0.25) is 0 Å². The third-order valence-electron chi connectivity index (χ3n) is 3.50. The molecule has 0 aliphatic carbocycles. The highest BCUT2D eigenvalue weighted by atomic mass is 16.5. The van der Waals surface area contributed by atoms with E-state index < -0.39 is 0 Å². The van der Waals surface area contributed by atoms with E-state index in [0.29, 0.717) is 22.7 Å². The molecule has 0 unspecified atom stereocenters. The molecule has 0 saturated heterocycles. The fourth-order valence-corrected chi connectivity index (χ4v) is 2.37. The van der Waals surface area contributed by atoms with Gasteiger partial charge in [0.2, 0.25) is 0 Å². The lowest BCUT2D eigenvalue weighted by atomic mass is 10.1. The Morgan fingerprint density at radius 2 is 1.70 bits per heavy atom. The molecular formula is C18H16N2O3. The van der Waals surface area contributed by atoms with Gasteiger partial charge in [-0.05, 0) is 12.1 Å². The van der Waals surface area contributed by atoms with Crippen LogP contribution in [0.5, 0.6) is 11.5 Å². The molecule has 2 aromatic carbocycles. The van der Waals surface area contributed by atoms with Gasteiger partial charge in [-0.1, -0.05) is 18.2 Å². The predicted molar refractivity (Wildman–Crippen MR) is 89.2 cm³/mol. The minimum absolute atomic E-state index is 0.209. The molecule has 0 spiro atoms. The molecule has 1 aromatic heterocycles. The zero-order valence-electron chi connectivity index (χ0n) is 12.9. The summed E-state index contributed by atoms with van der Waals surface area (Å²) >= 11 is 0. The number of nitrogens with one attached hydrogen (secondary N) is 1. The van der Waals surface area contributed by atoms with Gasteiger partial charge in [0, 0.05) is 35.5 Å². The summed E-state index contributed by atoms with van der Waals surface area (Å²) in [6.07, 6.45) is 1.63. The molecule has 23 heavy (non-hydrogen) atoms. The number of carbonyl (C=O) groups excluding carboxylic acids is 1. The second-order valence-corrected chi connectivity index (χ2v) is 4.93. The van der Waals surface area contributed by atoms with E-state index in [1.807, 2.05) is 24.3 Å². The Labute approximate surface area is 133 Å². The van der Waals surface area contributed by atoms with E-state index in [-0.39, 0.29) is 5.91 Å². The van der Waals surface area contributed by atoms with Gasteiger partial charge < -0.3 is 14.8 Å². The van der Waals surface area contributed by atoms with E-state index in [4.69, 9.17) is 9.47 Å². The van der Waals surface area contributed by atoms with E-state index in [0.717, 1.165) is 10.9 Å². The highest BCUT2D eigenvalue weighted by molar-refractivity contribution is 6.12. The number of nitrogens with zero attached hydrogens (tertiary/aromatic N) is 1. The van der Waals surface area contributed by atoms with Gasteiger partial charge >= 0.3 is 0 Å². The van der Waals surface area contributed by atoms with E-state index >= 15 is 0 Å². The summed E-state index contributed by atoms with van der Waals surface area (Å²) in [7, 11) is 3.13. The Bertz CT molecular complexity index is 834. The first-order valence-corrected chi connectivity index (χ1v) is 7.09. The van der Waals surface area contributed by atoms with Crippen molar-refractivity contribution < 1.29 is 14.3 Å². The smallest absolute Gasteiger partial charge is 0.256 e. The molecule has 0 aliphatic heterocycles. The van der Waals surface area contributed by atoms with E-state index in [2.05, 4.69) is 10.3 Å². The number of anilines is 1. The van der Waals surface area contributed by atoms with Crippen LogP contribution >= 0.6 is 0 Å². The van der Waals surface area contributed by atoms with Crippen LogP contribution in [0.3, 0.4) is 0 Å². The topological polar surface area (TPSA) is 60.5 Å². The van der Waals surface area contributed by atoms with Crippen molar-refractivity contribution in [2.45, 2.75) is 0 Å². The fraction of sp³-hybridized carbons (Fsp3) is 0.111. The van der Waals surface area contributed by atoms with Crippen LogP contribution in [-0.4, -0.2) is 25.1 Å². The zero-order chi connectivity index (χ0) is 16.2. The fourth-order valence-electron chi connectivity index (χ4n) is 2.37. The van der Waals surface area contributed by atoms with Crippen molar-refractivity contribution in [3.8, 4) is 11.5 Å². The lowest BCUT2D eigenvalue weighted by molar-refractivity contribution is 0.102. The van der Waals surface area contributed by atoms with Crippen molar-refractivity contribution >= 4 is 22.5 Å². The molecule has 1 N–H and O–H groups in total. The Balaban J connectivity index is 1.95. The van der Waals surface area contributed by atoms with Crippen LogP contribution in [-0.2, 0) is 0 Å². The van der Waals surface area contributed by atoms with Crippen molar-refractivity contribution in [2.24, 2.45) is 0 Å². The number of fused-ring (bicyclic) bond motifs is 1. The summed E-state index contributed by atoms with van der Waals surface area (Å²) in [5, 5.41) is 3.68. The monoisotopic (exact) mass is 308 g/mol. The summed E-state index contributed by atoms with van der Waals surface area (Å²) < 4.78 is 10.4. The van der Waals surface area contributed by atoms with E-state index in [1.165, 1.54) is 0 Å². The molecule has 116 valence electrons. The van der Waals surface area contributed by atoms with Crippen LogP contribution in [0.4, 0.5) is 5.69 Å². The van der Waals surface area contributed by atoms with Crippen molar-refractivity contribution in [1.82, 2.24) is 4.98 Å². The van der Waals surface area contributed by atoms with Crippen LogP contribution in [0, 0.1) is 0 Å². The van der Waals surface area contributed by atoms with Gasteiger partial charge in [0.1, 0.15) is 11.5 Å². The minimum Gasteiger partial charge on any atom is -0.497 e. The predicted octanol–water partition coefficient (Wildman–Crippen LogP) is 3.50. The SMILES string of the molecule is COc1cc(NC(=O)c2ccnc3ccccc23)cc(OC)c1.